The second kappa shape index (κ2) is 5.95. The molecule has 26 heavy (non-hydrogen) atoms. The Morgan fingerprint density at radius 2 is 1.42 bits per heavy atom. The third-order valence-corrected chi connectivity index (χ3v) is 7.38. The molecular weight excluding hydrogens is 427 g/mol. The van der Waals surface area contributed by atoms with Gasteiger partial charge in [-0.25, -0.2) is 0 Å². The van der Waals surface area contributed by atoms with Crippen molar-refractivity contribution in [2.24, 2.45) is 0 Å². The maximum absolute atomic E-state index is 2.51. The van der Waals surface area contributed by atoms with E-state index in [2.05, 4.69) is 91.0 Å². The lowest BCUT2D eigenvalue weighted by atomic mass is 9.80. The lowest BCUT2D eigenvalue weighted by Gasteiger charge is -2.24. The Kier molecular flexibility index (Phi) is 3.79. The second-order valence-corrected chi connectivity index (χ2v) is 9.35. The summed E-state index contributed by atoms with van der Waals surface area (Å²) in [6.07, 6.45) is 5.12. The number of fused-ring (bicyclic) bond motifs is 4. The maximum Gasteiger partial charge on any atom is 0.0165 e. The molecule has 0 fully saturated rings. The minimum Gasteiger partial charge on any atom is -0.0619 e. The van der Waals surface area contributed by atoms with Crippen molar-refractivity contribution < 1.29 is 0 Å². The van der Waals surface area contributed by atoms with Crippen molar-refractivity contribution in [3.8, 4) is 22.3 Å². The molecule has 0 atom stereocenters. The van der Waals surface area contributed by atoms with E-state index in [0.717, 1.165) is 0 Å². The van der Waals surface area contributed by atoms with E-state index in [-0.39, 0.29) is 5.41 Å². The fraction of sp³-hybridized carbons (Fsp3) is 0.280. The Morgan fingerprint density at radius 1 is 0.731 bits per heavy atom. The Labute approximate surface area is 169 Å². The largest absolute Gasteiger partial charge is 0.0619 e. The molecule has 0 saturated heterocycles. The molecule has 0 spiro atoms. The van der Waals surface area contributed by atoms with Crippen LogP contribution in [0.5, 0.6) is 0 Å². The molecule has 0 radical (unpaired) electrons. The number of rotatable bonds is 1. The highest BCUT2D eigenvalue weighted by Crippen LogP contribution is 2.49. The highest BCUT2D eigenvalue weighted by Gasteiger charge is 2.35. The van der Waals surface area contributed by atoms with Crippen LogP contribution in [0, 0.1) is 3.57 Å². The first-order valence-corrected chi connectivity index (χ1v) is 10.7. The summed E-state index contributed by atoms with van der Waals surface area (Å²) < 4.78 is 1.44. The van der Waals surface area contributed by atoms with Gasteiger partial charge in [0.25, 0.3) is 0 Å². The number of hydrogen-bond donors (Lipinski definition) is 0. The smallest absolute Gasteiger partial charge is 0.0165 e. The van der Waals surface area contributed by atoms with Gasteiger partial charge in [-0.15, -0.1) is 0 Å². The second-order valence-electron chi connectivity index (χ2n) is 8.19. The maximum atomic E-state index is 2.51. The molecule has 3 aromatic carbocycles. The molecular formula is C25H23I. The predicted octanol–water partition coefficient (Wildman–Crippen LogP) is 7.14. The van der Waals surface area contributed by atoms with Crippen LogP contribution in [0.25, 0.3) is 22.3 Å². The van der Waals surface area contributed by atoms with Crippen LogP contribution in [0.15, 0.2) is 54.6 Å². The van der Waals surface area contributed by atoms with Gasteiger partial charge in [0.1, 0.15) is 0 Å². The van der Waals surface area contributed by atoms with E-state index in [1.54, 1.807) is 11.1 Å². The Bertz CT molecular complexity index is 1030. The van der Waals surface area contributed by atoms with Crippen molar-refractivity contribution >= 4 is 22.6 Å². The number of hydrogen-bond acceptors (Lipinski definition) is 0. The Morgan fingerprint density at radius 3 is 2.27 bits per heavy atom. The van der Waals surface area contributed by atoms with Gasteiger partial charge in [-0.1, -0.05) is 56.3 Å². The van der Waals surface area contributed by atoms with Crippen molar-refractivity contribution in [1.29, 1.82) is 0 Å². The van der Waals surface area contributed by atoms with Crippen LogP contribution in [0.3, 0.4) is 0 Å². The molecule has 0 heterocycles. The molecule has 0 nitrogen and oxygen atoms in total. The summed E-state index contributed by atoms with van der Waals surface area (Å²) >= 11 is 2.51. The Hall–Kier alpha value is -1.61. The van der Waals surface area contributed by atoms with Gasteiger partial charge >= 0.3 is 0 Å². The van der Waals surface area contributed by atoms with E-state index in [4.69, 9.17) is 0 Å². The molecule has 0 amide bonds. The zero-order valence-electron chi connectivity index (χ0n) is 15.4. The van der Waals surface area contributed by atoms with Crippen LogP contribution in [-0.4, -0.2) is 0 Å². The quantitative estimate of drug-likeness (QED) is 0.346. The molecule has 1 heteroatoms. The number of benzene rings is 3. The molecule has 0 saturated carbocycles. The van der Waals surface area contributed by atoms with Crippen molar-refractivity contribution in [3.63, 3.8) is 0 Å². The SMILES string of the molecule is CC1(C)c2ccccc2-c2ccc(-c3ccc(I)c4c3CCCC4)cc21. The lowest BCUT2D eigenvalue weighted by molar-refractivity contribution is 0.660. The van der Waals surface area contributed by atoms with Gasteiger partial charge in [-0.3, -0.25) is 0 Å². The summed E-state index contributed by atoms with van der Waals surface area (Å²) in [4.78, 5) is 0. The molecule has 2 aliphatic rings. The van der Waals surface area contributed by atoms with Crippen molar-refractivity contribution in [2.45, 2.75) is 44.9 Å². The van der Waals surface area contributed by atoms with Crippen LogP contribution in [0.1, 0.15) is 48.9 Å². The van der Waals surface area contributed by atoms with Gasteiger partial charge in [-0.05, 0) is 105 Å². The van der Waals surface area contributed by atoms with Gasteiger partial charge < -0.3 is 0 Å². The first-order valence-electron chi connectivity index (χ1n) is 9.62. The van der Waals surface area contributed by atoms with Gasteiger partial charge in [0, 0.05) is 8.99 Å². The van der Waals surface area contributed by atoms with Gasteiger partial charge in [-0.2, -0.15) is 0 Å². The standard InChI is InChI=1S/C25H23I/c1-25(2)22-10-6-5-8-19(22)20-12-11-16(15-23(20)25)17-13-14-24(26)21-9-4-3-7-18(17)21/h5-6,8,10-15H,3-4,7,9H2,1-2H3. The molecule has 130 valence electrons. The number of halogens is 1. The summed E-state index contributed by atoms with van der Waals surface area (Å²) in [5.74, 6) is 0. The van der Waals surface area contributed by atoms with Crippen LogP contribution >= 0.6 is 22.6 Å². The van der Waals surface area contributed by atoms with Crippen LogP contribution in [0.4, 0.5) is 0 Å². The molecule has 5 rings (SSSR count). The van der Waals surface area contributed by atoms with Crippen molar-refractivity contribution in [3.05, 3.63) is 80.4 Å². The molecule has 0 aromatic heterocycles. The third kappa shape index (κ3) is 2.32. The average molecular weight is 450 g/mol. The predicted molar refractivity (Wildman–Crippen MR) is 119 cm³/mol. The molecule has 3 aromatic rings. The fourth-order valence-electron chi connectivity index (χ4n) is 4.97. The van der Waals surface area contributed by atoms with Gasteiger partial charge in [0.2, 0.25) is 0 Å². The van der Waals surface area contributed by atoms with Crippen LogP contribution < -0.4 is 0 Å². The molecule has 0 aliphatic heterocycles. The Balaban J connectivity index is 1.70. The fourth-order valence-corrected chi connectivity index (χ4v) is 5.74. The molecule has 0 unspecified atom stereocenters. The van der Waals surface area contributed by atoms with E-state index >= 15 is 0 Å². The normalized spacial score (nSPS) is 16.7. The van der Waals surface area contributed by atoms with Crippen molar-refractivity contribution in [1.82, 2.24) is 0 Å². The zero-order chi connectivity index (χ0) is 17.9. The van der Waals surface area contributed by atoms with E-state index < -0.39 is 0 Å². The summed E-state index contributed by atoms with van der Waals surface area (Å²) in [6.45, 7) is 4.73. The summed E-state index contributed by atoms with van der Waals surface area (Å²) in [5, 5.41) is 0. The van der Waals surface area contributed by atoms with E-state index in [0.29, 0.717) is 0 Å². The first-order chi connectivity index (χ1) is 12.6. The molecule has 0 bridgehead atoms. The van der Waals surface area contributed by atoms with E-state index in [1.807, 2.05) is 0 Å². The molecule has 2 aliphatic carbocycles. The monoisotopic (exact) mass is 450 g/mol. The van der Waals surface area contributed by atoms with E-state index in [9.17, 15) is 0 Å². The summed E-state index contributed by atoms with van der Waals surface area (Å²) in [5.41, 5.74) is 11.8. The lowest BCUT2D eigenvalue weighted by Crippen LogP contribution is -2.15. The summed E-state index contributed by atoms with van der Waals surface area (Å²) in [7, 11) is 0. The average Bonchev–Trinajstić information content (AvgIpc) is 2.90. The van der Waals surface area contributed by atoms with Crippen LogP contribution in [-0.2, 0) is 18.3 Å². The highest BCUT2D eigenvalue weighted by atomic mass is 127. The van der Waals surface area contributed by atoms with Crippen molar-refractivity contribution in [2.75, 3.05) is 0 Å². The zero-order valence-corrected chi connectivity index (χ0v) is 17.6. The first kappa shape index (κ1) is 16.6. The summed E-state index contributed by atoms with van der Waals surface area (Å²) in [6, 6.07) is 20.7. The third-order valence-electron chi connectivity index (χ3n) is 6.37. The van der Waals surface area contributed by atoms with Gasteiger partial charge in [0.15, 0.2) is 0 Å². The van der Waals surface area contributed by atoms with E-state index in [1.165, 1.54) is 62.6 Å². The van der Waals surface area contributed by atoms with Gasteiger partial charge in [0.05, 0.1) is 0 Å². The minimum atomic E-state index is 0.0746. The minimum absolute atomic E-state index is 0.0746. The topological polar surface area (TPSA) is 0 Å². The highest BCUT2D eigenvalue weighted by molar-refractivity contribution is 14.1. The molecule has 0 N–H and O–H groups in total. The van der Waals surface area contributed by atoms with Crippen LogP contribution in [0.2, 0.25) is 0 Å².